The second-order valence-corrected chi connectivity index (χ2v) is 5.84. The molecule has 0 aliphatic carbocycles. The third-order valence-electron chi connectivity index (χ3n) is 3.66. The topological polar surface area (TPSA) is 50.7 Å². The molecule has 1 heterocycles. The molecule has 2 N–H and O–H groups in total. The summed E-state index contributed by atoms with van der Waals surface area (Å²) >= 11 is 0. The number of rotatable bonds is 7. The SMILES string of the molecule is CC(C)Oc1cc(C2CCCNC2)ccc1OCCCO. The minimum Gasteiger partial charge on any atom is -0.490 e. The molecule has 0 bridgehead atoms. The Hall–Kier alpha value is -1.26. The molecule has 0 radical (unpaired) electrons. The zero-order valence-electron chi connectivity index (χ0n) is 13.1. The van der Waals surface area contributed by atoms with E-state index in [9.17, 15) is 0 Å². The lowest BCUT2D eigenvalue weighted by Gasteiger charge is -2.24. The van der Waals surface area contributed by atoms with Gasteiger partial charge >= 0.3 is 0 Å². The van der Waals surface area contributed by atoms with E-state index < -0.39 is 0 Å². The van der Waals surface area contributed by atoms with Gasteiger partial charge in [-0.1, -0.05) is 6.07 Å². The normalized spacial score (nSPS) is 18.8. The maximum atomic E-state index is 8.86. The standard InChI is InChI=1S/C17H27NO3/c1-13(2)21-17-11-14(15-5-3-8-18-12-15)6-7-16(17)20-10-4-9-19/h6-7,11,13,15,18-19H,3-5,8-10,12H2,1-2H3. The molecule has 1 aromatic carbocycles. The van der Waals surface area contributed by atoms with Crippen LogP contribution in [0.1, 0.15) is 44.6 Å². The van der Waals surface area contributed by atoms with Crippen LogP contribution in [0, 0.1) is 0 Å². The van der Waals surface area contributed by atoms with Crippen molar-refractivity contribution in [3.05, 3.63) is 23.8 Å². The van der Waals surface area contributed by atoms with Gasteiger partial charge in [0.2, 0.25) is 0 Å². The molecular formula is C17H27NO3. The molecular weight excluding hydrogens is 266 g/mol. The molecule has 1 fully saturated rings. The molecule has 0 saturated carbocycles. The molecule has 1 aliphatic heterocycles. The van der Waals surface area contributed by atoms with Gasteiger partial charge in [0.05, 0.1) is 12.7 Å². The third kappa shape index (κ3) is 4.90. The summed E-state index contributed by atoms with van der Waals surface area (Å²) in [6, 6.07) is 6.25. The maximum Gasteiger partial charge on any atom is 0.161 e. The molecule has 1 aliphatic rings. The zero-order chi connectivity index (χ0) is 15.1. The van der Waals surface area contributed by atoms with E-state index in [1.54, 1.807) is 0 Å². The highest BCUT2D eigenvalue weighted by Crippen LogP contribution is 2.34. The fraction of sp³-hybridized carbons (Fsp3) is 0.647. The maximum absolute atomic E-state index is 8.86. The molecule has 2 rings (SSSR count). The highest BCUT2D eigenvalue weighted by molar-refractivity contribution is 5.44. The monoisotopic (exact) mass is 293 g/mol. The lowest BCUT2D eigenvalue weighted by Crippen LogP contribution is -2.28. The van der Waals surface area contributed by atoms with E-state index >= 15 is 0 Å². The largest absolute Gasteiger partial charge is 0.490 e. The van der Waals surface area contributed by atoms with Crippen molar-refractivity contribution in [3.63, 3.8) is 0 Å². The lowest BCUT2D eigenvalue weighted by molar-refractivity contribution is 0.205. The highest BCUT2D eigenvalue weighted by atomic mass is 16.5. The van der Waals surface area contributed by atoms with Gasteiger partial charge in [0.1, 0.15) is 0 Å². The Morgan fingerprint density at radius 1 is 1.33 bits per heavy atom. The van der Waals surface area contributed by atoms with E-state index in [0.717, 1.165) is 24.6 Å². The Morgan fingerprint density at radius 3 is 2.86 bits per heavy atom. The molecule has 0 aromatic heterocycles. The van der Waals surface area contributed by atoms with Gasteiger partial charge in [-0.05, 0) is 56.8 Å². The smallest absolute Gasteiger partial charge is 0.161 e. The van der Waals surface area contributed by atoms with Crippen molar-refractivity contribution in [1.82, 2.24) is 5.32 Å². The number of nitrogens with one attached hydrogen (secondary N) is 1. The lowest BCUT2D eigenvalue weighted by atomic mass is 9.91. The van der Waals surface area contributed by atoms with Gasteiger partial charge in [0, 0.05) is 19.6 Å². The molecule has 21 heavy (non-hydrogen) atoms. The van der Waals surface area contributed by atoms with Crippen LogP contribution in [0.4, 0.5) is 0 Å². The van der Waals surface area contributed by atoms with Crippen molar-refractivity contribution in [2.24, 2.45) is 0 Å². The van der Waals surface area contributed by atoms with Gasteiger partial charge in [0.15, 0.2) is 11.5 Å². The zero-order valence-corrected chi connectivity index (χ0v) is 13.1. The number of ether oxygens (including phenoxy) is 2. The molecule has 118 valence electrons. The van der Waals surface area contributed by atoms with E-state index in [0.29, 0.717) is 18.9 Å². The van der Waals surface area contributed by atoms with Gasteiger partial charge in [-0.25, -0.2) is 0 Å². The first-order chi connectivity index (χ1) is 10.2. The molecule has 1 atom stereocenters. The summed E-state index contributed by atoms with van der Waals surface area (Å²) < 4.78 is 11.6. The predicted octanol–water partition coefficient (Wildman–Crippen LogP) is 2.70. The van der Waals surface area contributed by atoms with Crippen LogP contribution in [0.25, 0.3) is 0 Å². The Kier molecular flexibility index (Phi) is 6.33. The molecule has 1 saturated heterocycles. The fourth-order valence-corrected chi connectivity index (χ4v) is 2.63. The van der Waals surface area contributed by atoms with Crippen LogP contribution in [0.2, 0.25) is 0 Å². The van der Waals surface area contributed by atoms with Crippen LogP contribution in [-0.2, 0) is 0 Å². The van der Waals surface area contributed by atoms with Crippen molar-refractivity contribution in [2.75, 3.05) is 26.3 Å². The van der Waals surface area contributed by atoms with Crippen molar-refractivity contribution >= 4 is 0 Å². The number of hydrogen-bond acceptors (Lipinski definition) is 4. The third-order valence-corrected chi connectivity index (χ3v) is 3.66. The van der Waals surface area contributed by atoms with Gasteiger partial charge in [0.25, 0.3) is 0 Å². The average Bonchev–Trinajstić information content (AvgIpc) is 2.49. The number of hydrogen-bond donors (Lipinski definition) is 2. The second-order valence-electron chi connectivity index (χ2n) is 5.84. The Labute approximate surface area is 127 Å². The van der Waals surface area contributed by atoms with Crippen molar-refractivity contribution < 1.29 is 14.6 Å². The molecule has 4 heteroatoms. The quantitative estimate of drug-likeness (QED) is 0.759. The van der Waals surface area contributed by atoms with Crippen LogP contribution in [0.15, 0.2) is 18.2 Å². The number of aliphatic hydroxyl groups excluding tert-OH is 1. The van der Waals surface area contributed by atoms with Crippen LogP contribution in [0.5, 0.6) is 11.5 Å². The summed E-state index contributed by atoms with van der Waals surface area (Å²) in [6.45, 7) is 6.85. The summed E-state index contributed by atoms with van der Waals surface area (Å²) in [6.07, 6.45) is 3.19. The van der Waals surface area contributed by atoms with E-state index in [-0.39, 0.29) is 12.7 Å². The van der Waals surface area contributed by atoms with Gasteiger partial charge < -0.3 is 19.9 Å². The van der Waals surface area contributed by atoms with Crippen molar-refractivity contribution in [2.45, 2.75) is 45.1 Å². The van der Waals surface area contributed by atoms with Gasteiger partial charge in [-0.3, -0.25) is 0 Å². The summed E-state index contributed by atoms with van der Waals surface area (Å²) in [5.74, 6) is 2.13. The van der Waals surface area contributed by atoms with Crippen LogP contribution in [0.3, 0.4) is 0 Å². The summed E-state index contributed by atoms with van der Waals surface area (Å²) in [4.78, 5) is 0. The van der Waals surface area contributed by atoms with Gasteiger partial charge in [-0.2, -0.15) is 0 Å². The molecule has 1 aromatic rings. The van der Waals surface area contributed by atoms with Crippen LogP contribution < -0.4 is 14.8 Å². The number of aliphatic hydroxyl groups is 1. The fourth-order valence-electron chi connectivity index (χ4n) is 2.63. The van der Waals surface area contributed by atoms with E-state index in [2.05, 4.69) is 17.4 Å². The minimum atomic E-state index is 0.116. The Bertz CT molecular complexity index is 428. The molecule has 1 unspecified atom stereocenters. The first-order valence-corrected chi connectivity index (χ1v) is 7.95. The van der Waals surface area contributed by atoms with E-state index in [1.807, 2.05) is 19.9 Å². The molecule has 0 spiro atoms. The predicted molar refractivity (Wildman–Crippen MR) is 84.2 cm³/mol. The highest BCUT2D eigenvalue weighted by Gasteiger charge is 2.17. The van der Waals surface area contributed by atoms with E-state index in [1.165, 1.54) is 18.4 Å². The minimum absolute atomic E-state index is 0.116. The average molecular weight is 293 g/mol. The summed E-state index contributed by atoms with van der Waals surface area (Å²) in [7, 11) is 0. The first kappa shape index (κ1) is 16.1. The summed E-state index contributed by atoms with van der Waals surface area (Å²) in [5, 5.41) is 12.3. The van der Waals surface area contributed by atoms with Gasteiger partial charge in [-0.15, -0.1) is 0 Å². The van der Waals surface area contributed by atoms with Crippen molar-refractivity contribution in [3.8, 4) is 11.5 Å². The number of piperidine rings is 1. The first-order valence-electron chi connectivity index (χ1n) is 7.95. The van der Waals surface area contributed by atoms with E-state index in [4.69, 9.17) is 14.6 Å². The Balaban J connectivity index is 2.12. The molecule has 4 nitrogen and oxygen atoms in total. The van der Waals surface area contributed by atoms with Crippen LogP contribution >= 0.6 is 0 Å². The van der Waals surface area contributed by atoms with Crippen LogP contribution in [-0.4, -0.2) is 37.5 Å². The molecule has 0 amide bonds. The Morgan fingerprint density at radius 2 is 2.19 bits per heavy atom. The van der Waals surface area contributed by atoms with Crippen molar-refractivity contribution in [1.29, 1.82) is 0 Å². The summed E-state index contributed by atoms with van der Waals surface area (Å²) in [5.41, 5.74) is 1.31. The number of benzene rings is 1. The second kappa shape index (κ2) is 8.25.